The summed E-state index contributed by atoms with van der Waals surface area (Å²) in [6.07, 6.45) is 0.772. The van der Waals surface area contributed by atoms with Crippen LogP contribution >= 0.6 is 11.6 Å². The molecule has 0 aliphatic carbocycles. The van der Waals surface area contributed by atoms with Crippen LogP contribution in [0.15, 0.2) is 0 Å². The van der Waals surface area contributed by atoms with Gasteiger partial charge in [0.2, 0.25) is 0 Å². The highest BCUT2D eigenvalue weighted by Gasteiger charge is 2.29. The van der Waals surface area contributed by atoms with E-state index in [-0.39, 0.29) is 5.79 Å². The second-order valence-corrected chi connectivity index (χ2v) is 2.65. The van der Waals surface area contributed by atoms with Crippen molar-refractivity contribution in [3.8, 4) is 0 Å². The third kappa shape index (κ3) is 1.81. The summed E-state index contributed by atoms with van der Waals surface area (Å²) >= 11 is 5.51. The molecule has 0 aromatic rings. The van der Waals surface area contributed by atoms with Crippen LogP contribution < -0.4 is 0 Å². The largest absolute Gasteiger partial charge is 0.348 e. The molecule has 0 saturated carbocycles. The number of hydrogen-bond donors (Lipinski definition) is 0. The SMILES string of the molecule is CC1(CCCl)OCCO1. The fourth-order valence-electron chi connectivity index (χ4n) is 0.873. The molecule has 1 aliphatic rings. The van der Waals surface area contributed by atoms with E-state index in [4.69, 9.17) is 21.1 Å². The van der Waals surface area contributed by atoms with E-state index in [1.807, 2.05) is 6.92 Å². The van der Waals surface area contributed by atoms with E-state index in [2.05, 4.69) is 0 Å². The summed E-state index contributed by atoms with van der Waals surface area (Å²) in [6, 6.07) is 0. The van der Waals surface area contributed by atoms with Crippen LogP contribution in [0.5, 0.6) is 0 Å². The van der Waals surface area contributed by atoms with Crippen molar-refractivity contribution >= 4 is 11.6 Å². The Balaban J connectivity index is 2.32. The second kappa shape index (κ2) is 2.86. The molecule has 0 radical (unpaired) electrons. The molecule has 1 fully saturated rings. The Hall–Kier alpha value is 0.210. The smallest absolute Gasteiger partial charge is 0.166 e. The van der Waals surface area contributed by atoms with Gasteiger partial charge in [0, 0.05) is 12.3 Å². The number of ether oxygens (including phenoxy) is 2. The van der Waals surface area contributed by atoms with Crippen LogP contribution in [0.1, 0.15) is 13.3 Å². The maximum Gasteiger partial charge on any atom is 0.166 e. The predicted molar refractivity (Wildman–Crippen MR) is 35.6 cm³/mol. The van der Waals surface area contributed by atoms with Crippen LogP contribution in [-0.4, -0.2) is 24.9 Å². The van der Waals surface area contributed by atoms with Gasteiger partial charge in [-0.25, -0.2) is 0 Å². The van der Waals surface area contributed by atoms with E-state index in [1.165, 1.54) is 0 Å². The van der Waals surface area contributed by atoms with Crippen LogP contribution in [0.4, 0.5) is 0 Å². The Bertz CT molecular complexity index is 89.1. The molecule has 0 aromatic heterocycles. The van der Waals surface area contributed by atoms with E-state index in [1.54, 1.807) is 0 Å². The Labute approximate surface area is 60.1 Å². The van der Waals surface area contributed by atoms with Crippen molar-refractivity contribution < 1.29 is 9.47 Å². The van der Waals surface area contributed by atoms with Crippen LogP contribution in [0.2, 0.25) is 0 Å². The highest BCUT2D eigenvalue weighted by molar-refractivity contribution is 6.17. The number of rotatable bonds is 2. The van der Waals surface area contributed by atoms with Gasteiger partial charge in [-0.15, -0.1) is 11.6 Å². The summed E-state index contributed by atoms with van der Waals surface area (Å²) in [6.45, 7) is 3.32. The van der Waals surface area contributed by atoms with Crippen molar-refractivity contribution in [1.82, 2.24) is 0 Å². The van der Waals surface area contributed by atoms with E-state index >= 15 is 0 Å². The molecular weight excluding hydrogens is 140 g/mol. The standard InChI is InChI=1S/C6H11ClO2/c1-6(2-3-7)8-4-5-9-6/h2-5H2,1H3. The first-order valence-corrected chi connectivity index (χ1v) is 3.64. The molecule has 0 spiro atoms. The van der Waals surface area contributed by atoms with Gasteiger partial charge in [0.25, 0.3) is 0 Å². The molecule has 1 saturated heterocycles. The molecule has 0 unspecified atom stereocenters. The molecule has 9 heavy (non-hydrogen) atoms. The van der Waals surface area contributed by atoms with E-state index in [0.717, 1.165) is 6.42 Å². The average molecular weight is 151 g/mol. The molecule has 0 N–H and O–H groups in total. The Kier molecular flexibility index (Phi) is 2.33. The molecule has 1 heterocycles. The van der Waals surface area contributed by atoms with Crippen molar-refractivity contribution in [2.45, 2.75) is 19.1 Å². The summed E-state index contributed by atoms with van der Waals surface area (Å²) in [5, 5.41) is 0. The number of alkyl halides is 1. The van der Waals surface area contributed by atoms with Gasteiger partial charge in [-0.1, -0.05) is 0 Å². The van der Waals surface area contributed by atoms with Crippen LogP contribution in [0, 0.1) is 0 Å². The summed E-state index contributed by atoms with van der Waals surface area (Å²) < 4.78 is 10.5. The van der Waals surface area contributed by atoms with Gasteiger partial charge in [0.15, 0.2) is 5.79 Å². The summed E-state index contributed by atoms with van der Waals surface area (Å²) in [5.41, 5.74) is 0. The zero-order valence-electron chi connectivity index (χ0n) is 5.52. The first-order valence-electron chi connectivity index (χ1n) is 3.11. The summed E-state index contributed by atoms with van der Waals surface area (Å²) in [7, 11) is 0. The van der Waals surface area contributed by atoms with Gasteiger partial charge >= 0.3 is 0 Å². The molecule has 1 rings (SSSR count). The molecule has 0 aromatic carbocycles. The third-order valence-corrected chi connectivity index (χ3v) is 1.64. The molecule has 0 bridgehead atoms. The topological polar surface area (TPSA) is 18.5 Å². The first kappa shape index (κ1) is 7.32. The minimum absolute atomic E-state index is 0.387. The minimum Gasteiger partial charge on any atom is -0.348 e. The highest BCUT2D eigenvalue weighted by atomic mass is 35.5. The minimum atomic E-state index is -0.387. The van der Waals surface area contributed by atoms with Gasteiger partial charge in [-0.05, 0) is 6.92 Å². The van der Waals surface area contributed by atoms with Crippen molar-refractivity contribution in [3.63, 3.8) is 0 Å². The van der Waals surface area contributed by atoms with Gasteiger partial charge in [0.1, 0.15) is 0 Å². The first-order chi connectivity index (χ1) is 4.27. The van der Waals surface area contributed by atoms with E-state index < -0.39 is 0 Å². The molecule has 3 heteroatoms. The zero-order valence-corrected chi connectivity index (χ0v) is 6.28. The molecule has 0 atom stereocenters. The quantitative estimate of drug-likeness (QED) is 0.554. The van der Waals surface area contributed by atoms with Gasteiger partial charge in [-0.3, -0.25) is 0 Å². The summed E-state index contributed by atoms with van der Waals surface area (Å²) in [5.74, 6) is 0.207. The van der Waals surface area contributed by atoms with Crippen molar-refractivity contribution in [2.75, 3.05) is 19.1 Å². The van der Waals surface area contributed by atoms with Crippen LogP contribution in [-0.2, 0) is 9.47 Å². The van der Waals surface area contributed by atoms with Crippen LogP contribution in [0.3, 0.4) is 0 Å². The fraction of sp³-hybridized carbons (Fsp3) is 1.00. The van der Waals surface area contributed by atoms with Crippen molar-refractivity contribution in [3.05, 3.63) is 0 Å². The number of halogens is 1. The highest BCUT2D eigenvalue weighted by Crippen LogP contribution is 2.22. The molecule has 54 valence electrons. The maximum atomic E-state index is 5.51. The number of hydrogen-bond acceptors (Lipinski definition) is 2. The van der Waals surface area contributed by atoms with Gasteiger partial charge in [-0.2, -0.15) is 0 Å². The zero-order chi connectivity index (χ0) is 6.74. The Morgan fingerprint density at radius 2 is 2.00 bits per heavy atom. The lowest BCUT2D eigenvalue weighted by Gasteiger charge is -2.20. The predicted octanol–water partition coefficient (Wildman–Crippen LogP) is 1.38. The lowest BCUT2D eigenvalue weighted by molar-refractivity contribution is -0.142. The fourth-order valence-corrected chi connectivity index (χ4v) is 1.22. The van der Waals surface area contributed by atoms with E-state index in [9.17, 15) is 0 Å². The van der Waals surface area contributed by atoms with Crippen molar-refractivity contribution in [1.29, 1.82) is 0 Å². The molecule has 1 aliphatic heterocycles. The van der Waals surface area contributed by atoms with Crippen LogP contribution in [0.25, 0.3) is 0 Å². The Morgan fingerprint density at radius 3 is 2.44 bits per heavy atom. The van der Waals surface area contributed by atoms with Crippen molar-refractivity contribution in [2.24, 2.45) is 0 Å². The average Bonchev–Trinajstić information content (AvgIpc) is 2.16. The Morgan fingerprint density at radius 1 is 1.44 bits per heavy atom. The monoisotopic (exact) mass is 150 g/mol. The van der Waals surface area contributed by atoms with Gasteiger partial charge < -0.3 is 9.47 Å². The van der Waals surface area contributed by atoms with E-state index in [0.29, 0.717) is 19.1 Å². The molecule has 0 amide bonds. The normalized spacial score (nSPS) is 24.7. The van der Waals surface area contributed by atoms with Gasteiger partial charge in [0.05, 0.1) is 13.2 Å². The third-order valence-electron chi connectivity index (χ3n) is 1.45. The lowest BCUT2D eigenvalue weighted by Crippen LogP contribution is -2.25. The second-order valence-electron chi connectivity index (χ2n) is 2.27. The maximum absolute atomic E-state index is 5.51. The summed E-state index contributed by atoms with van der Waals surface area (Å²) in [4.78, 5) is 0. The lowest BCUT2D eigenvalue weighted by atomic mass is 10.2. The molecular formula is C6H11ClO2. The molecule has 2 nitrogen and oxygen atoms in total.